The van der Waals surface area contributed by atoms with E-state index in [0.29, 0.717) is 5.95 Å². The molecule has 0 aliphatic heterocycles. The number of amides is 1. The summed E-state index contributed by atoms with van der Waals surface area (Å²) in [5, 5.41) is 10.7. The molecular weight excluding hydrogens is 304 g/mol. The van der Waals surface area contributed by atoms with E-state index in [4.69, 9.17) is 0 Å². The highest BCUT2D eigenvalue weighted by Gasteiger charge is 2.30. The molecule has 0 atom stereocenters. The second-order valence-electron chi connectivity index (χ2n) is 7.64. The van der Waals surface area contributed by atoms with E-state index < -0.39 is 0 Å². The van der Waals surface area contributed by atoms with Crippen LogP contribution in [0, 0.1) is 11.3 Å². The molecule has 130 valence electrons. The number of nitrogens with one attached hydrogen (secondary N) is 2. The lowest BCUT2D eigenvalue weighted by Gasteiger charge is -2.28. The zero-order valence-electron chi connectivity index (χ0n) is 14.8. The van der Waals surface area contributed by atoms with Crippen LogP contribution in [-0.2, 0) is 4.79 Å². The molecule has 1 fully saturated rings. The lowest BCUT2D eigenvalue weighted by atomic mass is 9.93. The first-order valence-electron chi connectivity index (χ1n) is 8.39. The maximum Gasteiger partial charge on any atom is 0.249 e. The summed E-state index contributed by atoms with van der Waals surface area (Å²) >= 11 is 0. The van der Waals surface area contributed by atoms with Gasteiger partial charge < -0.3 is 10.2 Å². The average molecular weight is 330 g/mol. The predicted molar refractivity (Wildman–Crippen MR) is 95.2 cm³/mol. The molecule has 7 nitrogen and oxygen atoms in total. The van der Waals surface area contributed by atoms with Crippen LogP contribution in [0.15, 0.2) is 18.2 Å². The molecule has 0 aromatic carbocycles. The van der Waals surface area contributed by atoms with E-state index in [9.17, 15) is 4.79 Å². The third-order valence-electron chi connectivity index (χ3n) is 4.04. The number of carbonyl (C=O) groups excluding carboxylic acids is 1. The Kier molecular flexibility index (Phi) is 4.45. The van der Waals surface area contributed by atoms with Gasteiger partial charge in [0.15, 0.2) is 5.65 Å². The van der Waals surface area contributed by atoms with Gasteiger partial charge in [0.1, 0.15) is 5.82 Å². The van der Waals surface area contributed by atoms with E-state index in [1.54, 1.807) is 4.52 Å². The van der Waals surface area contributed by atoms with Crippen LogP contribution in [0.2, 0.25) is 0 Å². The fraction of sp³-hybridized carbons (Fsp3) is 0.588. The van der Waals surface area contributed by atoms with Crippen molar-refractivity contribution in [1.82, 2.24) is 19.5 Å². The molecule has 2 heterocycles. The fourth-order valence-electron chi connectivity index (χ4n) is 2.89. The number of fused-ring (bicyclic) bond motifs is 1. The Morgan fingerprint density at radius 2 is 2.12 bits per heavy atom. The molecule has 3 rings (SSSR count). The highest BCUT2D eigenvalue weighted by atomic mass is 16.2. The summed E-state index contributed by atoms with van der Waals surface area (Å²) in [6.07, 6.45) is 1.93. The molecule has 1 saturated carbocycles. The van der Waals surface area contributed by atoms with Gasteiger partial charge >= 0.3 is 0 Å². The standard InChI is InChI=1S/C17H26N6O/c1-17(2,11-22(3)4)10-18-13-6-5-7-14-19-16(21-23(13)14)20-15(24)12-8-9-12/h5-7,12,18H,8-11H2,1-4H3,(H,20,21,24). The molecule has 2 N–H and O–H groups in total. The van der Waals surface area contributed by atoms with Gasteiger partial charge in [-0.15, -0.1) is 5.10 Å². The number of carbonyl (C=O) groups is 1. The van der Waals surface area contributed by atoms with Gasteiger partial charge in [0.25, 0.3) is 0 Å². The van der Waals surface area contributed by atoms with E-state index in [0.717, 1.165) is 37.4 Å². The normalized spacial score (nSPS) is 15.0. The maximum atomic E-state index is 11.9. The van der Waals surface area contributed by atoms with Crippen LogP contribution < -0.4 is 10.6 Å². The van der Waals surface area contributed by atoms with E-state index >= 15 is 0 Å². The van der Waals surface area contributed by atoms with Gasteiger partial charge in [-0.1, -0.05) is 19.9 Å². The Morgan fingerprint density at radius 3 is 2.79 bits per heavy atom. The highest BCUT2D eigenvalue weighted by Crippen LogP contribution is 2.29. The van der Waals surface area contributed by atoms with Gasteiger partial charge in [-0.3, -0.25) is 10.1 Å². The van der Waals surface area contributed by atoms with Crippen molar-refractivity contribution in [3.63, 3.8) is 0 Å². The smallest absolute Gasteiger partial charge is 0.249 e. The van der Waals surface area contributed by atoms with Crippen LogP contribution >= 0.6 is 0 Å². The summed E-state index contributed by atoms with van der Waals surface area (Å²) in [5.74, 6) is 1.40. The lowest BCUT2D eigenvalue weighted by Crippen LogP contribution is -2.34. The second kappa shape index (κ2) is 6.39. The van der Waals surface area contributed by atoms with Crippen LogP contribution in [-0.4, -0.2) is 52.6 Å². The minimum Gasteiger partial charge on any atom is -0.369 e. The topological polar surface area (TPSA) is 74.6 Å². The minimum atomic E-state index is 0.0209. The van der Waals surface area contributed by atoms with Gasteiger partial charge in [-0.25, -0.2) is 0 Å². The SMILES string of the molecule is CN(C)CC(C)(C)CNc1cccc2nc(NC(=O)C3CC3)nn12. The van der Waals surface area contributed by atoms with Crippen LogP contribution in [0.25, 0.3) is 5.65 Å². The summed E-state index contributed by atoms with van der Waals surface area (Å²) in [6.45, 7) is 6.25. The van der Waals surface area contributed by atoms with Gasteiger partial charge in [0, 0.05) is 19.0 Å². The Labute approximate surface area is 142 Å². The van der Waals surface area contributed by atoms with Crippen LogP contribution in [0.4, 0.5) is 11.8 Å². The molecule has 0 radical (unpaired) electrons. The summed E-state index contributed by atoms with van der Waals surface area (Å²) in [4.78, 5) is 18.4. The number of rotatable bonds is 7. The molecule has 0 spiro atoms. The zero-order valence-corrected chi connectivity index (χ0v) is 14.8. The number of anilines is 2. The molecule has 0 saturated heterocycles. The molecule has 0 bridgehead atoms. The zero-order chi connectivity index (χ0) is 17.3. The Bertz CT molecular complexity index is 732. The van der Waals surface area contributed by atoms with Crippen molar-refractivity contribution >= 4 is 23.3 Å². The lowest BCUT2D eigenvalue weighted by molar-refractivity contribution is -0.117. The fourth-order valence-corrected chi connectivity index (χ4v) is 2.89. The third-order valence-corrected chi connectivity index (χ3v) is 4.04. The molecule has 1 aliphatic rings. The summed E-state index contributed by atoms with van der Waals surface area (Å²) in [6, 6.07) is 5.80. The van der Waals surface area contributed by atoms with E-state index in [1.165, 1.54) is 0 Å². The second-order valence-corrected chi connectivity index (χ2v) is 7.64. The monoisotopic (exact) mass is 330 g/mol. The van der Waals surface area contributed by atoms with Crippen molar-refractivity contribution in [3.8, 4) is 0 Å². The van der Waals surface area contributed by atoms with Gasteiger partial charge in [-0.05, 0) is 44.5 Å². The van der Waals surface area contributed by atoms with Gasteiger partial charge in [-0.2, -0.15) is 9.50 Å². The first kappa shape index (κ1) is 16.7. The quantitative estimate of drug-likeness (QED) is 0.813. The molecular formula is C17H26N6O. The number of pyridine rings is 1. The molecule has 1 amide bonds. The number of hydrogen-bond acceptors (Lipinski definition) is 5. The van der Waals surface area contributed by atoms with Crippen molar-refractivity contribution in [2.75, 3.05) is 37.8 Å². The molecule has 2 aromatic rings. The number of nitrogens with zero attached hydrogens (tertiary/aromatic N) is 4. The summed E-state index contributed by atoms with van der Waals surface area (Å²) in [5.41, 5.74) is 0.839. The third kappa shape index (κ3) is 4.03. The Morgan fingerprint density at radius 1 is 1.38 bits per heavy atom. The predicted octanol–water partition coefficient (Wildman–Crippen LogP) is 2.08. The van der Waals surface area contributed by atoms with Crippen LogP contribution in [0.1, 0.15) is 26.7 Å². The summed E-state index contributed by atoms with van der Waals surface area (Å²) in [7, 11) is 4.16. The van der Waals surface area contributed by atoms with Crippen LogP contribution in [0.3, 0.4) is 0 Å². The largest absolute Gasteiger partial charge is 0.369 e. The highest BCUT2D eigenvalue weighted by molar-refractivity contribution is 5.92. The Hall–Kier alpha value is -2.15. The molecule has 7 heteroatoms. The Balaban J connectivity index is 1.73. The molecule has 1 aliphatic carbocycles. The van der Waals surface area contributed by atoms with Crippen molar-refractivity contribution in [3.05, 3.63) is 18.2 Å². The molecule has 0 unspecified atom stereocenters. The number of aromatic nitrogens is 3. The minimum absolute atomic E-state index is 0.0209. The molecule has 2 aromatic heterocycles. The first-order chi connectivity index (χ1) is 11.3. The van der Waals surface area contributed by atoms with Crippen molar-refractivity contribution in [2.24, 2.45) is 11.3 Å². The van der Waals surface area contributed by atoms with E-state index in [1.807, 2.05) is 18.2 Å². The molecule has 24 heavy (non-hydrogen) atoms. The van der Waals surface area contributed by atoms with Gasteiger partial charge in [0.2, 0.25) is 11.9 Å². The maximum absolute atomic E-state index is 11.9. The van der Waals surface area contributed by atoms with Crippen LogP contribution in [0.5, 0.6) is 0 Å². The average Bonchev–Trinajstić information content (AvgIpc) is 3.24. The van der Waals surface area contributed by atoms with Gasteiger partial charge in [0.05, 0.1) is 0 Å². The first-order valence-corrected chi connectivity index (χ1v) is 8.39. The van der Waals surface area contributed by atoms with E-state index in [2.05, 4.69) is 53.6 Å². The summed E-state index contributed by atoms with van der Waals surface area (Å²) < 4.78 is 1.74. The van der Waals surface area contributed by atoms with Crippen molar-refractivity contribution < 1.29 is 4.79 Å². The van der Waals surface area contributed by atoms with Crippen molar-refractivity contribution in [2.45, 2.75) is 26.7 Å². The number of hydrogen-bond donors (Lipinski definition) is 2. The van der Waals surface area contributed by atoms with E-state index in [-0.39, 0.29) is 17.2 Å². The van der Waals surface area contributed by atoms with Crippen molar-refractivity contribution in [1.29, 1.82) is 0 Å².